The molecular formula is C16H12ClN3O4. The second-order valence-electron chi connectivity index (χ2n) is 4.77. The minimum atomic E-state index is -1.03. The van der Waals surface area contributed by atoms with Crippen molar-refractivity contribution < 1.29 is 19.8 Å². The highest BCUT2D eigenvalue weighted by atomic mass is 35.5. The Hall–Kier alpha value is -3.19. The molecule has 1 heterocycles. The number of rotatable bonds is 4. The molecule has 0 radical (unpaired) electrons. The van der Waals surface area contributed by atoms with Crippen molar-refractivity contribution >= 4 is 46.8 Å². The predicted molar refractivity (Wildman–Crippen MR) is 90.4 cm³/mol. The Balaban J connectivity index is 0.00000208. The van der Waals surface area contributed by atoms with E-state index in [0.29, 0.717) is 22.4 Å². The maximum Gasteiger partial charge on any atom is 0.335 e. The molecule has 122 valence electrons. The first-order chi connectivity index (χ1) is 11.0. The summed E-state index contributed by atoms with van der Waals surface area (Å²) in [5.41, 5.74) is 1.33. The molecule has 3 rings (SSSR count). The van der Waals surface area contributed by atoms with Gasteiger partial charge >= 0.3 is 11.9 Å². The number of carboxylic acid groups (broad SMARTS) is 2. The fourth-order valence-electron chi connectivity index (χ4n) is 2.16. The van der Waals surface area contributed by atoms with Gasteiger partial charge in [0.2, 0.25) is 0 Å². The number of aromatic nitrogens is 2. The number of carbonyl (C=O) groups is 2. The number of benzene rings is 2. The van der Waals surface area contributed by atoms with Crippen molar-refractivity contribution in [1.82, 2.24) is 9.97 Å². The molecule has 0 saturated carbocycles. The summed E-state index contributed by atoms with van der Waals surface area (Å²) >= 11 is 0. The Bertz CT molecular complexity index is 930. The van der Waals surface area contributed by atoms with Crippen LogP contribution in [0.3, 0.4) is 0 Å². The first kappa shape index (κ1) is 17.2. The van der Waals surface area contributed by atoms with Crippen molar-refractivity contribution in [2.75, 3.05) is 5.32 Å². The molecule has 0 unspecified atom stereocenters. The highest BCUT2D eigenvalue weighted by Gasteiger charge is 2.09. The van der Waals surface area contributed by atoms with Crippen LogP contribution in [-0.4, -0.2) is 32.1 Å². The highest BCUT2D eigenvalue weighted by Crippen LogP contribution is 2.24. The molecule has 0 atom stereocenters. The maximum absolute atomic E-state index is 11.0. The molecule has 0 saturated heterocycles. The molecule has 1 aromatic heterocycles. The summed E-state index contributed by atoms with van der Waals surface area (Å²) in [4.78, 5) is 30.2. The van der Waals surface area contributed by atoms with Crippen molar-refractivity contribution in [3.05, 3.63) is 59.9 Å². The van der Waals surface area contributed by atoms with Crippen molar-refractivity contribution in [3.8, 4) is 0 Å². The number of hydrogen-bond acceptors (Lipinski definition) is 5. The van der Waals surface area contributed by atoms with Gasteiger partial charge in [0.1, 0.15) is 12.1 Å². The molecule has 0 amide bonds. The van der Waals surface area contributed by atoms with Crippen molar-refractivity contribution in [1.29, 1.82) is 0 Å². The molecule has 0 bridgehead atoms. The van der Waals surface area contributed by atoms with Gasteiger partial charge in [-0.25, -0.2) is 19.6 Å². The molecule has 0 aliphatic rings. The summed E-state index contributed by atoms with van der Waals surface area (Å²) in [5, 5.41) is 21.7. The van der Waals surface area contributed by atoms with Gasteiger partial charge in [-0.1, -0.05) is 6.07 Å². The van der Waals surface area contributed by atoms with Crippen LogP contribution in [0.2, 0.25) is 0 Å². The minimum absolute atomic E-state index is 0. The zero-order chi connectivity index (χ0) is 16.4. The van der Waals surface area contributed by atoms with Crippen LogP contribution in [-0.2, 0) is 0 Å². The first-order valence-electron chi connectivity index (χ1n) is 6.63. The summed E-state index contributed by atoms with van der Waals surface area (Å²) in [7, 11) is 0. The second kappa shape index (κ2) is 6.93. The number of anilines is 2. The van der Waals surface area contributed by atoms with Crippen LogP contribution in [0, 0.1) is 0 Å². The number of halogens is 1. The predicted octanol–water partition coefficient (Wildman–Crippen LogP) is 3.19. The Kier molecular flexibility index (Phi) is 4.96. The van der Waals surface area contributed by atoms with Gasteiger partial charge in [0.05, 0.1) is 16.6 Å². The van der Waals surface area contributed by atoms with Crippen LogP contribution in [0.1, 0.15) is 20.7 Å². The van der Waals surface area contributed by atoms with E-state index in [4.69, 9.17) is 10.2 Å². The SMILES string of the molecule is Cl.O=C(O)c1cccc(Nc2ncnc3cc(C(=O)O)ccc23)c1. The van der Waals surface area contributed by atoms with Crippen LogP contribution in [0.5, 0.6) is 0 Å². The lowest BCUT2D eigenvalue weighted by Gasteiger charge is -2.09. The van der Waals surface area contributed by atoms with Crippen LogP contribution in [0.25, 0.3) is 10.9 Å². The lowest BCUT2D eigenvalue weighted by atomic mass is 10.1. The number of carboxylic acids is 2. The van der Waals surface area contributed by atoms with E-state index in [2.05, 4.69) is 15.3 Å². The molecule has 0 spiro atoms. The summed E-state index contributed by atoms with van der Waals surface area (Å²) in [6.07, 6.45) is 1.32. The first-order valence-corrected chi connectivity index (χ1v) is 6.63. The van der Waals surface area contributed by atoms with Gasteiger partial charge in [0.25, 0.3) is 0 Å². The quantitative estimate of drug-likeness (QED) is 0.665. The fraction of sp³-hybridized carbons (Fsp3) is 0. The molecule has 2 aromatic carbocycles. The molecule has 3 aromatic rings. The average molecular weight is 346 g/mol. The summed E-state index contributed by atoms with van der Waals surface area (Å²) < 4.78 is 0. The largest absolute Gasteiger partial charge is 0.478 e. The van der Waals surface area contributed by atoms with Gasteiger partial charge in [-0.3, -0.25) is 0 Å². The van der Waals surface area contributed by atoms with E-state index in [1.54, 1.807) is 18.2 Å². The molecule has 0 aliphatic carbocycles. The number of fused-ring (bicyclic) bond motifs is 1. The van der Waals surface area contributed by atoms with Crippen molar-refractivity contribution in [2.45, 2.75) is 0 Å². The Morgan fingerprint density at radius 2 is 1.62 bits per heavy atom. The van der Waals surface area contributed by atoms with Gasteiger partial charge < -0.3 is 15.5 Å². The van der Waals surface area contributed by atoms with E-state index in [0.717, 1.165) is 0 Å². The Morgan fingerprint density at radius 3 is 2.33 bits per heavy atom. The zero-order valence-electron chi connectivity index (χ0n) is 12.1. The van der Waals surface area contributed by atoms with E-state index < -0.39 is 11.9 Å². The lowest BCUT2D eigenvalue weighted by Crippen LogP contribution is -2.01. The number of nitrogens with zero attached hydrogens (tertiary/aromatic N) is 2. The molecule has 8 heteroatoms. The highest BCUT2D eigenvalue weighted by molar-refractivity contribution is 5.97. The second-order valence-corrected chi connectivity index (χ2v) is 4.77. The fourth-order valence-corrected chi connectivity index (χ4v) is 2.16. The maximum atomic E-state index is 11.0. The van der Waals surface area contributed by atoms with Crippen molar-refractivity contribution in [3.63, 3.8) is 0 Å². The van der Waals surface area contributed by atoms with Gasteiger partial charge in [0.15, 0.2) is 0 Å². The van der Waals surface area contributed by atoms with E-state index in [9.17, 15) is 9.59 Å². The summed E-state index contributed by atoms with van der Waals surface area (Å²) in [5.74, 6) is -1.59. The number of hydrogen-bond donors (Lipinski definition) is 3. The van der Waals surface area contributed by atoms with E-state index in [1.807, 2.05) is 0 Å². The third-order valence-corrected chi connectivity index (χ3v) is 3.26. The number of aromatic carboxylic acids is 2. The van der Waals surface area contributed by atoms with Crippen molar-refractivity contribution in [2.24, 2.45) is 0 Å². The molecule has 0 aliphatic heterocycles. The monoisotopic (exact) mass is 345 g/mol. The molecule has 0 fully saturated rings. The third kappa shape index (κ3) is 3.41. The van der Waals surface area contributed by atoms with Gasteiger partial charge in [-0.2, -0.15) is 0 Å². The summed E-state index contributed by atoms with van der Waals surface area (Å²) in [6.45, 7) is 0. The van der Waals surface area contributed by atoms with Gasteiger partial charge in [-0.05, 0) is 36.4 Å². The molecular weight excluding hydrogens is 334 g/mol. The topological polar surface area (TPSA) is 112 Å². The smallest absolute Gasteiger partial charge is 0.335 e. The van der Waals surface area contributed by atoms with Gasteiger partial charge in [0, 0.05) is 11.1 Å². The van der Waals surface area contributed by atoms with Crippen LogP contribution < -0.4 is 5.32 Å². The average Bonchev–Trinajstić information content (AvgIpc) is 2.55. The van der Waals surface area contributed by atoms with E-state index >= 15 is 0 Å². The Labute approximate surface area is 142 Å². The molecule has 3 N–H and O–H groups in total. The standard InChI is InChI=1S/C16H11N3O4.ClH/c20-15(21)9-2-1-3-11(6-9)19-14-12-5-4-10(16(22)23)7-13(12)17-8-18-14;/h1-8H,(H,20,21)(H,22,23)(H,17,18,19);1H. The molecule has 24 heavy (non-hydrogen) atoms. The molecule has 7 nitrogen and oxygen atoms in total. The minimum Gasteiger partial charge on any atom is -0.478 e. The van der Waals surface area contributed by atoms with Gasteiger partial charge in [-0.15, -0.1) is 12.4 Å². The van der Waals surface area contributed by atoms with Crippen LogP contribution >= 0.6 is 12.4 Å². The van der Waals surface area contributed by atoms with E-state index in [1.165, 1.54) is 30.6 Å². The zero-order valence-corrected chi connectivity index (χ0v) is 12.9. The third-order valence-electron chi connectivity index (χ3n) is 3.26. The number of nitrogens with one attached hydrogen (secondary N) is 1. The summed E-state index contributed by atoms with van der Waals surface area (Å²) in [6, 6.07) is 10.9. The Morgan fingerprint density at radius 1 is 0.917 bits per heavy atom. The normalized spacial score (nSPS) is 10.0. The lowest BCUT2D eigenvalue weighted by molar-refractivity contribution is 0.0686. The van der Waals surface area contributed by atoms with Crippen LogP contribution in [0.4, 0.5) is 11.5 Å². The van der Waals surface area contributed by atoms with Crippen LogP contribution in [0.15, 0.2) is 48.8 Å². The van der Waals surface area contributed by atoms with E-state index in [-0.39, 0.29) is 23.5 Å².